The molecule has 1 unspecified atom stereocenters. The highest BCUT2D eigenvalue weighted by molar-refractivity contribution is 6.31. The molecular weight excluding hydrogens is 1330 g/mol. The Morgan fingerprint density at radius 3 is 1.74 bits per heavy atom. The van der Waals surface area contributed by atoms with Crippen LogP contribution in [0.5, 0.6) is 0 Å². The van der Waals surface area contributed by atoms with Gasteiger partial charge in [0.25, 0.3) is 0 Å². The van der Waals surface area contributed by atoms with E-state index in [1.54, 1.807) is 45.0 Å². The first-order valence-electron chi connectivity index (χ1n) is 34.2. The summed E-state index contributed by atoms with van der Waals surface area (Å²) in [6.45, 7) is 14.8. The third kappa shape index (κ3) is 21.0. The second-order valence-electron chi connectivity index (χ2n) is 27.7. The van der Waals surface area contributed by atoms with Gasteiger partial charge in [0.1, 0.15) is 60.4 Å². The van der Waals surface area contributed by atoms with Crippen LogP contribution in [0.3, 0.4) is 0 Å². The van der Waals surface area contributed by atoms with Crippen LogP contribution in [-0.2, 0) is 83.0 Å². The third-order valence-corrected chi connectivity index (χ3v) is 20.1. The number of halogens is 4. The zero-order valence-corrected chi connectivity index (χ0v) is 62.3. The van der Waals surface area contributed by atoms with E-state index in [4.69, 9.17) is 11.6 Å². The molecule has 101 heavy (non-hydrogen) atoms. The van der Waals surface area contributed by atoms with Crippen molar-refractivity contribution in [1.82, 2.24) is 65.0 Å². The summed E-state index contributed by atoms with van der Waals surface area (Å²) < 4.78 is 41.7. The predicted molar refractivity (Wildman–Crippen MR) is 374 cm³/mol. The van der Waals surface area contributed by atoms with Gasteiger partial charge in [0.15, 0.2) is 0 Å². The Kier molecular flexibility index (Phi) is 29.8. The maximum Gasteiger partial charge on any atom is 0.417 e. The predicted octanol–water partition coefficient (Wildman–Crippen LogP) is 4.63. The van der Waals surface area contributed by atoms with Gasteiger partial charge in [-0.25, -0.2) is 0 Å². The summed E-state index contributed by atoms with van der Waals surface area (Å²) in [5.41, 5.74) is 1.16. The van der Waals surface area contributed by atoms with E-state index in [9.17, 15) is 61.1 Å². The number of rotatable bonds is 14. The van der Waals surface area contributed by atoms with Gasteiger partial charge in [0, 0.05) is 95.2 Å². The van der Waals surface area contributed by atoms with Crippen molar-refractivity contribution in [3.63, 3.8) is 0 Å². The molecule has 2 saturated heterocycles. The number of carbonyl (C=O) groups is 12. The second-order valence-corrected chi connectivity index (χ2v) is 28.1. The molecule has 0 bridgehead atoms. The van der Waals surface area contributed by atoms with Crippen molar-refractivity contribution < 1.29 is 70.7 Å². The van der Waals surface area contributed by atoms with Crippen LogP contribution in [0.1, 0.15) is 122 Å². The lowest BCUT2D eigenvalue weighted by Crippen LogP contribution is -2.65. The Balaban J connectivity index is 1.67. The molecule has 12 amide bonds. The molecule has 29 heteroatoms. The zero-order chi connectivity index (χ0) is 76.0. The molecule has 3 N–H and O–H groups in total. The molecule has 3 aromatic rings. The first-order chi connectivity index (χ1) is 47.2. The summed E-state index contributed by atoms with van der Waals surface area (Å²) in [5, 5.41) is 7.67. The van der Waals surface area contributed by atoms with Gasteiger partial charge in [-0.1, -0.05) is 102 Å². The fraction of sp³-hybridized carbons (Fsp3) is 0.597. The van der Waals surface area contributed by atoms with Gasteiger partial charge in [0.05, 0.1) is 23.6 Å². The molecule has 25 nitrogen and oxygen atoms in total. The van der Waals surface area contributed by atoms with Gasteiger partial charge in [-0.3, -0.25) is 62.5 Å². The zero-order valence-electron chi connectivity index (χ0n) is 61.5. The fourth-order valence-electron chi connectivity index (χ4n) is 12.5. The summed E-state index contributed by atoms with van der Waals surface area (Å²) in [6.07, 6.45) is -2.30. The molecule has 556 valence electrons. The van der Waals surface area contributed by atoms with Gasteiger partial charge < -0.3 is 60.0 Å². The lowest BCUT2D eigenvalue weighted by Gasteiger charge is -2.45. The van der Waals surface area contributed by atoms with E-state index in [0.717, 1.165) is 37.3 Å². The van der Waals surface area contributed by atoms with Crippen LogP contribution < -0.4 is 16.0 Å². The molecule has 2 aliphatic rings. The van der Waals surface area contributed by atoms with Crippen LogP contribution in [0, 0.1) is 24.7 Å². The maximum atomic E-state index is 15.3. The third-order valence-electron chi connectivity index (χ3n) is 19.7. The summed E-state index contributed by atoms with van der Waals surface area (Å²) in [6, 6.07) is 0.0211. The van der Waals surface area contributed by atoms with Crippen molar-refractivity contribution in [3.8, 4) is 0 Å². The normalized spacial score (nSPS) is 24.8. The van der Waals surface area contributed by atoms with Crippen LogP contribution in [-0.4, -0.2) is 257 Å². The average molecular weight is 1440 g/mol. The number of pyridine rings is 1. The Morgan fingerprint density at radius 2 is 1.20 bits per heavy atom. The molecule has 5 rings (SSSR count). The SMILES string of the molecule is CC[C@H](C)[C@@H]1NC(=O)[C@H](CC(C)C)N(C)C(=O)C[C@@H](C(=O)N(C)C)N(C)C(=O)[C@H]([C@@H](C)CC)N(C)C(=O)[C@H](C)NC(=O)[C@H](Cc2ccncc2)N(C)C(=O)[C@H](CCc2ccc(C(F)(F)F)c(Cl)c2)NC(=O)CN(C)C(=O)[C@H](Cc2ccc(C)cc2)N(C)C(=O)C2CCN2C(=O)[C@H](C)N(C)C1=O. The minimum absolute atomic E-state index is 0.0695. The van der Waals surface area contributed by atoms with Crippen molar-refractivity contribution in [3.05, 3.63) is 99.8 Å². The number of alkyl halides is 3. The highest BCUT2D eigenvalue weighted by atomic mass is 35.5. The van der Waals surface area contributed by atoms with Crippen molar-refractivity contribution in [1.29, 1.82) is 0 Å². The second kappa shape index (κ2) is 36.3. The summed E-state index contributed by atoms with van der Waals surface area (Å²) in [4.78, 5) is 192. The Labute approximate surface area is 596 Å². The molecular formula is C72H103ClF3N13O12. The molecule has 0 radical (unpaired) electrons. The Morgan fingerprint density at radius 1 is 0.634 bits per heavy atom. The number of hydrogen-bond donors (Lipinski definition) is 3. The summed E-state index contributed by atoms with van der Waals surface area (Å²) in [5.74, 6) is -10.3. The minimum Gasteiger partial charge on any atom is -0.347 e. The Hall–Kier alpha value is -8.69. The van der Waals surface area contributed by atoms with E-state index in [-0.39, 0.29) is 56.6 Å². The van der Waals surface area contributed by atoms with Crippen LogP contribution in [0.4, 0.5) is 13.2 Å². The number of fused-ring (bicyclic) bond motifs is 1. The first kappa shape index (κ1) is 83.0. The summed E-state index contributed by atoms with van der Waals surface area (Å²) in [7, 11) is 12.3. The monoisotopic (exact) mass is 1430 g/mol. The van der Waals surface area contributed by atoms with Gasteiger partial charge in [-0.15, -0.1) is 0 Å². The van der Waals surface area contributed by atoms with Crippen LogP contribution in [0.15, 0.2) is 67.0 Å². The van der Waals surface area contributed by atoms with Crippen LogP contribution in [0.2, 0.25) is 5.02 Å². The summed E-state index contributed by atoms with van der Waals surface area (Å²) >= 11 is 6.15. The van der Waals surface area contributed by atoms with Crippen molar-refractivity contribution >= 4 is 82.5 Å². The number of likely N-dealkylation sites (N-methyl/N-ethyl adjacent to an activating group) is 8. The number of aryl methyl sites for hydroxylation is 2. The molecule has 2 fully saturated rings. The van der Waals surface area contributed by atoms with E-state index in [2.05, 4.69) is 20.9 Å². The van der Waals surface area contributed by atoms with E-state index < -0.39 is 173 Å². The number of hydrogen-bond acceptors (Lipinski definition) is 13. The van der Waals surface area contributed by atoms with Crippen LogP contribution in [0.25, 0.3) is 0 Å². The van der Waals surface area contributed by atoms with Crippen LogP contribution >= 0.6 is 11.6 Å². The van der Waals surface area contributed by atoms with Gasteiger partial charge >= 0.3 is 6.18 Å². The van der Waals surface area contributed by atoms with E-state index >= 15 is 9.59 Å². The number of nitrogens with one attached hydrogen (secondary N) is 3. The van der Waals surface area contributed by atoms with Gasteiger partial charge in [-0.2, -0.15) is 13.2 Å². The molecule has 1 aromatic heterocycles. The molecule has 0 saturated carbocycles. The van der Waals surface area contributed by atoms with E-state index in [1.165, 1.54) is 120 Å². The molecule has 0 aliphatic carbocycles. The smallest absolute Gasteiger partial charge is 0.347 e. The van der Waals surface area contributed by atoms with Crippen molar-refractivity contribution in [2.45, 2.75) is 187 Å². The fourth-order valence-corrected chi connectivity index (χ4v) is 12.8. The molecule has 2 aromatic carbocycles. The number of carbonyl (C=O) groups excluding carboxylic acids is 12. The topological polar surface area (TPSA) is 283 Å². The molecule has 12 atom stereocenters. The lowest BCUT2D eigenvalue weighted by molar-refractivity contribution is -0.160. The van der Waals surface area contributed by atoms with E-state index in [1.807, 2.05) is 39.8 Å². The van der Waals surface area contributed by atoms with Crippen molar-refractivity contribution in [2.24, 2.45) is 17.8 Å². The van der Waals surface area contributed by atoms with E-state index in [0.29, 0.717) is 24.0 Å². The van der Waals surface area contributed by atoms with Gasteiger partial charge in [0.2, 0.25) is 70.9 Å². The number of amides is 12. The molecule has 3 heterocycles. The van der Waals surface area contributed by atoms with Gasteiger partial charge in [-0.05, 0) is 105 Å². The minimum atomic E-state index is -4.80. The Bertz CT molecular complexity index is 3470. The number of nitrogens with zero attached hydrogens (tertiary/aromatic N) is 10. The maximum absolute atomic E-state index is 15.3. The quantitative estimate of drug-likeness (QED) is 0.199. The highest BCUT2D eigenvalue weighted by Crippen LogP contribution is 2.35. The lowest BCUT2D eigenvalue weighted by atomic mass is 9.94. The number of aromatic nitrogens is 1. The first-order valence-corrected chi connectivity index (χ1v) is 34.6. The largest absolute Gasteiger partial charge is 0.417 e. The highest BCUT2D eigenvalue weighted by Gasteiger charge is 2.47. The average Bonchev–Trinajstić information content (AvgIpc) is 0.783. The standard InChI is InChI=1S/C72H103ClF3N13O12/c1-19-43(6)60-70(100)83(13)46(9)65(95)89-34-31-53(89)69(99)86(16)56(38-48-23-21-42(5)22-24-48)68(98)82(12)40-58(90)79-52(28-26-47-25-27-50(51(73)36-47)72(74,75)76)66(96)85(15)55(37-49-29-32-77-33-30-49)62(92)78-45(8)64(94)88(18)61(44(7)20-2)71(101)87(17)57(67(97)81(10)11)39-59(91)84(14)54(35-41(3)4)63(93)80-60/h21-25,27,29-30,32-33,36,41,43-46,52-57,60-61H,19-20,26,28,31,34-35,37-40H2,1-18H3,(H,78,92)(H,79,90)(H,80,93)/t43-,44-,45-,46-,52-,53?,54-,55-,56-,57-,60-,61-/m0/s1. The number of benzene rings is 2. The molecule has 0 spiro atoms. The molecule has 2 aliphatic heterocycles. The van der Waals surface area contributed by atoms with Crippen molar-refractivity contribution in [2.75, 3.05) is 76.5 Å².